The van der Waals surface area contributed by atoms with E-state index in [2.05, 4.69) is 31.5 Å². The largest absolute Gasteiger partial charge is 0.379 e. The predicted octanol–water partition coefficient (Wildman–Crippen LogP) is 1.18. The zero-order valence-electron chi connectivity index (χ0n) is 6.42. The van der Waals surface area contributed by atoms with Crippen LogP contribution in [0.3, 0.4) is 0 Å². The second-order valence-electron chi connectivity index (χ2n) is 1.50. The van der Waals surface area contributed by atoms with E-state index in [4.69, 9.17) is 10.1 Å². The van der Waals surface area contributed by atoms with Crippen LogP contribution in [-0.2, 0) is 4.74 Å². The first-order chi connectivity index (χ1) is 5.15. The highest BCUT2D eigenvalue weighted by molar-refractivity contribution is 7.96. The summed E-state index contributed by atoms with van der Waals surface area (Å²) in [6, 6.07) is 0. The fourth-order valence-corrected chi connectivity index (χ4v) is 0.235. The van der Waals surface area contributed by atoms with Crippen molar-refractivity contribution in [2.75, 3.05) is 13.2 Å². The van der Waals surface area contributed by atoms with Gasteiger partial charge in [0.25, 0.3) is 0 Å². The lowest BCUT2D eigenvalue weighted by molar-refractivity contribution is 0.194. The molecule has 0 aromatic carbocycles. The van der Waals surface area contributed by atoms with Crippen LogP contribution >= 0.6 is 12.6 Å². The Bertz CT molecular complexity index is 114. The number of nitrogens with two attached hydrogens (primary N) is 1. The molecule has 0 spiro atoms. The molecule has 0 saturated carbocycles. The summed E-state index contributed by atoms with van der Waals surface area (Å²) in [5, 5.41) is 6.00. The van der Waals surface area contributed by atoms with Gasteiger partial charge in [0, 0.05) is 0 Å². The van der Waals surface area contributed by atoms with E-state index >= 15 is 0 Å². The van der Waals surface area contributed by atoms with Gasteiger partial charge in [-0.2, -0.15) is 0 Å². The SMILES string of the molecule is C=CCOCC=C.N=C(N)S. The van der Waals surface area contributed by atoms with Gasteiger partial charge in [-0.25, -0.2) is 0 Å². The van der Waals surface area contributed by atoms with Crippen molar-refractivity contribution in [1.29, 1.82) is 5.41 Å². The van der Waals surface area contributed by atoms with Gasteiger partial charge >= 0.3 is 0 Å². The standard InChI is InChI=1S/C6H10O.CH4N2S/c1-3-5-7-6-4-2;2-1(3)4/h3-4H,1-2,5-6H2;(H4,2,3,4). The second kappa shape index (κ2) is 12.0. The maximum absolute atomic E-state index is 6.14. The summed E-state index contributed by atoms with van der Waals surface area (Å²) in [6.07, 6.45) is 3.42. The summed E-state index contributed by atoms with van der Waals surface area (Å²) >= 11 is 3.33. The van der Waals surface area contributed by atoms with Crippen molar-refractivity contribution in [3.05, 3.63) is 25.3 Å². The van der Waals surface area contributed by atoms with E-state index in [1.54, 1.807) is 12.2 Å². The molecular weight excluding hydrogens is 160 g/mol. The zero-order valence-corrected chi connectivity index (χ0v) is 7.31. The van der Waals surface area contributed by atoms with E-state index in [1.165, 1.54) is 0 Å². The van der Waals surface area contributed by atoms with Gasteiger partial charge < -0.3 is 10.5 Å². The summed E-state index contributed by atoms with van der Waals surface area (Å²) in [6.45, 7) is 8.18. The Morgan fingerprint density at radius 1 is 1.45 bits per heavy atom. The molecule has 3 N–H and O–H groups in total. The van der Waals surface area contributed by atoms with Gasteiger partial charge in [0.2, 0.25) is 0 Å². The topological polar surface area (TPSA) is 59.1 Å². The predicted molar refractivity (Wildman–Crippen MR) is 52.1 cm³/mol. The van der Waals surface area contributed by atoms with Crippen molar-refractivity contribution < 1.29 is 4.74 Å². The first-order valence-electron chi connectivity index (χ1n) is 2.97. The van der Waals surface area contributed by atoms with Crippen molar-refractivity contribution in [3.8, 4) is 0 Å². The van der Waals surface area contributed by atoms with Gasteiger partial charge in [-0.15, -0.1) is 25.8 Å². The van der Waals surface area contributed by atoms with Crippen LogP contribution in [-0.4, -0.2) is 18.4 Å². The number of thiol groups is 1. The Kier molecular flexibility index (Phi) is 14.1. The van der Waals surface area contributed by atoms with Gasteiger partial charge in [-0.05, 0) is 0 Å². The van der Waals surface area contributed by atoms with Gasteiger partial charge in [0.05, 0.1) is 13.2 Å². The number of rotatable bonds is 4. The van der Waals surface area contributed by atoms with Crippen LogP contribution in [0.25, 0.3) is 0 Å². The number of nitrogens with one attached hydrogen (secondary N) is 1. The average molecular weight is 174 g/mol. The van der Waals surface area contributed by atoms with E-state index < -0.39 is 0 Å². The highest BCUT2D eigenvalue weighted by Crippen LogP contribution is 1.72. The Morgan fingerprint density at radius 2 is 1.73 bits per heavy atom. The van der Waals surface area contributed by atoms with E-state index in [0.29, 0.717) is 13.2 Å². The molecule has 0 unspecified atom stereocenters. The third kappa shape index (κ3) is 45.9. The van der Waals surface area contributed by atoms with Crippen LogP contribution in [0.2, 0.25) is 0 Å². The third-order valence-electron chi connectivity index (χ3n) is 0.471. The summed E-state index contributed by atoms with van der Waals surface area (Å²) < 4.78 is 4.90. The molecule has 11 heavy (non-hydrogen) atoms. The molecule has 0 rings (SSSR count). The van der Waals surface area contributed by atoms with Crippen molar-refractivity contribution >= 4 is 17.8 Å². The van der Waals surface area contributed by atoms with Crippen molar-refractivity contribution in [2.24, 2.45) is 5.73 Å². The minimum Gasteiger partial charge on any atom is -0.379 e. The van der Waals surface area contributed by atoms with Gasteiger partial charge in [-0.1, -0.05) is 12.2 Å². The van der Waals surface area contributed by atoms with E-state index in [9.17, 15) is 0 Å². The molecule has 0 aromatic heterocycles. The third-order valence-corrected chi connectivity index (χ3v) is 0.471. The normalized spacial score (nSPS) is 7.36. The van der Waals surface area contributed by atoms with E-state index in [-0.39, 0.29) is 5.17 Å². The maximum atomic E-state index is 6.14. The first kappa shape index (κ1) is 12.9. The smallest absolute Gasteiger partial charge is 0.147 e. The second-order valence-corrected chi connectivity index (χ2v) is 1.98. The first-order valence-corrected chi connectivity index (χ1v) is 3.42. The van der Waals surface area contributed by atoms with Crippen molar-refractivity contribution in [2.45, 2.75) is 0 Å². The minimum absolute atomic E-state index is 0.139. The lowest BCUT2D eigenvalue weighted by Gasteiger charge is -1.89. The number of ether oxygens (including phenoxy) is 1. The molecular formula is C7H14N2OS. The van der Waals surface area contributed by atoms with Crippen molar-refractivity contribution in [1.82, 2.24) is 0 Å². The Morgan fingerprint density at radius 3 is 1.91 bits per heavy atom. The van der Waals surface area contributed by atoms with Crippen LogP contribution in [0, 0.1) is 5.41 Å². The van der Waals surface area contributed by atoms with Gasteiger partial charge in [-0.3, -0.25) is 5.41 Å². The fraction of sp³-hybridized carbons (Fsp3) is 0.286. The molecule has 0 aliphatic heterocycles. The quantitative estimate of drug-likeness (QED) is 0.197. The molecule has 0 fully saturated rings. The van der Waals surface area contributed by atoms with Crippen LogP contribution in [0.1, 0.15) is 0 Å². The molecule has 0 aliphatic rings. The lowest BCUT2D eigenvalue weighted by atomic mass is 10.6. The average Bonchev–Trinajstić information content (AvgIpc) is 1.88. The van der Waals surface area contributed by atoms with Crippen molar-refractivity contribution in [3.63, 3.8) is 0 Å². The summed E-state index contributed by atoms with van der Waals surface area (Å²) in [4.78, 5) is 0. The molecule has 0 heterocycles. The molecule has 0 saturated heterocycles. The number of hydrogen-bond acceptors (Lipinski definition) is 2. The monoisotopic (exact) mass is 174 g/mol. The molecule has 0 bridgehead atoms. The Hall–Kier alpha value is -0.740. The molecule has 0 amide bonds. The van der Waals surface area contributed by atoms with E-state index in [0.717, 1.165) is 0 Å². The highest BCUT2D eigenvalue weighted by atomic mass is 32.1. The number of hydrogen-bond donors (Lipinski definition) is 3. The fourth-order valence-electron chi connectivity index (χ4n) is 0.235. The molecule has 64 valence electrons. The molecule has 4 heteroatoms. The zero-order chi connectivity index (χ0) is 9.11. The molecule has 0 radical (unpaired) electrons. The molecule has 0 aromatic rings. The summed E-state index contributed by atoms with van der Waals surface area (Å²) in [7, 11) is 0. The van der Waals surface area contributed by atoms with Crippen LogP contribution in [0.5, 0.6) is 0 Å². The summed E-state index contributed by atoms with van der Waals surface area (Å²) in [5.74, 6) is 0. The molecule has 3 nitrogen and oxygen atoms in total. The van der Waals surface area contributed by atoms with Gasteiger partial charge in [0.15, 0.2) is 0 Å². The molecule has 0 aliphatic carbocycles. The number of amidine groups is 1. The van der Waals surface area contributed by atoms with Gasteiger partial charge in [0.1, 0.15) is 5.17 Å². The lowest BCUT2D eigenvalue weighted by Crippen LogP contribution is -1.96. The highest BCUT2D eigenvalue weighted by Gasteiger charge is 1.70. The van der Waals surface area contributed by atoms with Crippen LogP contribution < -0.4 is 5.73 Å². The minimum atomic E-state index is -0.139. The molecule has 0 atom stereocenters. The Balaban J connectivity index is 0. The van der Waals surface area contributed by atoms with E-state index in [1.807, 2.05) is 0 Å². The Labute approximate surface area is 72.8 Å². The van der Waals surface area contributed by atoms with Crippen LogP contribution in [0.15, 0.2) is 25.3 Å². The van der Waals surface area contributed by atoms with Crippen LogP contribution in [0.4, 0.5) is 0 Å². The summed E-state index contributed by atoms with van der Waals surface area (Å²) in [5.41, 5.74) is 4.56. The maximum Gasteiger partial charge on any atom is 0.147 e.